The summed E-state index contributed by atoms with van der Waals surface area (Å²) in [6.07, 6.45) is 8.53. The Morgan fingerprint density at radius 3 is 3.12 bits per heavy atom. The molecule has 0 unspecified atom stereocenters. The van der Waals surface area contributed by atoms with E-state index in [1.807, 2.05) is 6.07 Å². The van der Waals surface area contributed by atoms with Gasteiger partial charge in [0.25, 0.3) is 0 Å². The van der Waals surface area contributed by atoms with Gasteiger partial charge in [-0.2, -0.15) is 0 Å². The number of aliphatic hydroxyl groups is 1. The maximum atomic E-state index is 10.5. The summed E-state index contributed by atoms with van der Waals surface area (Å²) >= 11 is 3.46. The van der Waals surface area contributed by atoms with Crippen molar-refractivity contribution in [2.45, 2.75) is 37.7 Å². The summed E-state index contributed by atoms with van der Waals surface area (Å²) in [5, 5.41) is 10.5. The Hall–Kier alpha value is -0.670. The molecule has 1 fully saturated rings. The van der Waals surface area contributed by atoms with Gasteiger partial charge < -0.3 is 5.11 Å². The molecule has 92 valence electrons. The standard InChI is InChI=1S/C14H18BrNO/c1-2-14(17)8-4-3-7-12(14)10-11-6-5-9-16-13(11)15/h2,5-6,9,12,17H,1,3-4,7-8,10H2/t12-,14-/m0/s1. The number of hydrogen-bond acceptors (Lipinski definition) is 2. The predicted octanol–water partition coefficient (Wildman–Crippen LogP) is 3.49. The van der Waals surface area contributed by atoms with Crippen LogP contribution >= 0.6 is 15.9 Å². The third-order valence-corrected chi connectivity index (χ3v) is 4.46. The van der Waals surface area contributed by atoms with Gasteiger partial charge in [0.2, 0.25) is 0 Å². The van der Waals surface area contributed by atoms with Gasteiger partial charge in [0.15, 0.2) is 0 Å². The average molecular weight is 296 g/mol. The van der Waals surface area contributed by atoms with Crippen molar-refractivity contribution in [1.82, 2.24) is 4.98 Å². The SMILES string of the molecule is C=C[C@]1(O)CCCC[C@H]1Cc1cccnc1Br. The fourth-order valence-electron chi connectivity index (χ4n) is 2.64. The fraction of sp³-hybridized carbons (Fsp3) is 0.500. The fourth-order valence-corrected chi connectivity index (χ4v) is 3.05. The van der Waals surface area contributed by atoms with E-state index >= 15 is 0 Å². The van der Waals surface area contributed by atoms with Crippen LogP contribution in [0.5, 0.6) is 0 Å². The number of rotatable bonds is 3. The normalized spacial score (nSPS) is 28.9. The summed E-state index contributed by atoms with van der Waals surface area (Å²) in [6, 6.07) is 4.01. The second-order valence-electron chi connectivity index (χ2n) is 4.80. The van der Waals surface area contributed by atoms with E-state index in [0.29, 0.717) is 0 Å². The maximum Gasteiger partial charge on any atom is 0.109 e. The van der Waals surface area contributed by atoms with Gasteiger partial charge in [-0.05, 0) is 52.7 Å². The molecular weight excluding hydrogens is 278 g/mol. The van der Waals surface area contributed by atoms with Crippen molar-refractivity contribution in [3.05, 3.63) is 41.2 Å². The van der Waals surface area contributed by atoms with Crippen LogP contribution in [0.3, 0.4) is 0 Å². The highest BCUT2D eigenvalue weighted by molar-refractivity contribution is 9.10. The zero-order valence-corrected chi connectivity index (χ0v) is 11.5. The first kappa shape index (κ1) is 12.8. The molecule has 1 N–H and O–H groups in total. The molecule has 0 amide bonds. The molecule has 17 heavy (non-hydrogen) atoms. The average Bonchev–Trinajstić information content (AvgIpc) is 2.35. The van der Waals surface area contributed by atoms with E-state index in [1.165, 1.54) is 12.0 Å². The van der Waals surface area contributed by atoms with Gasteiger partial charge in [0, 0.05) is 6.20 Å². The third kappa shape index (κ3) is 2.78. The van der Waals surface area contributed by atoms with Gasteiger partial charge in [-0.15, -0.1) is 6.58 Å². The van der Waals surface area contributed by atoms with Gasteiger partial charge in [0.1, 0.15) is 4.60 Å². The molecule has 2 rings (SSSR count). The maximum absolute atomic E-state index is 10.5. The van der Waals surface area contributed by atoms with Crippen LogP contribution in [0.25, 0.3) is 0 Å². The van der Waals surface area contributed by atoms with E-state index < -0.39 is 5.60 Å². The summed E-state index contributed by atoms with van der Waals surface area (Å²) in [4.78, 5) is 4.23. The van der Waals surface area contributed by atoms with Gasteiger partial charge in [-0.1, -0.05) is 25.0 Å². The molecule has 2 nitrogen and oxygen atoms in total. The minimum atomic E-state index is -0.701. The van der Waals surface area contributed by atoms with E-state index in [0.717, 1.165) is 30.3 Å². The second-order valence-corrected chi connectivity index (χ2v) is 5.55. The molecule has 0 bridgehead atoms. The first-order valence-electron chi connectivity index (χ1n) is 6.11. The van der Waals surface area contributed by atoms with Crippen molar-refractivity contribution < 1.29 is 5.11 Å². The summed E-state index contributed by atoms with van der Waals surface area (Å²) in [5.41, 5.74) is 0.466. The van der Waals surface area contributed by atoms with E-state index in [1.54, 1.807) is 12.3 Å². The largest absolute Gasteiger partial charge is 0.386 e. The number of halogens is 1. The highest BCUT2D eigenvalue weighted by atomic mass is 79.9. The second kappa shape index (κ2) is 5.32. The van der Waals surface area contributed by atoms with Crippen LogP contribution in [-0.4, -0.2) is 15.7 Å². The monoisotopic (exact) mass is 295 g/mol. The Morgan fingerprint density at radius 1 is 1.59 bits per heavy atom. The molecule has 0 spiro atoms. The predicted molar refractivity (Wildman–Crippen MR) is 72.7 cm³/mol. The Morgan fingerprint density at radius 2 is 2.41 bits per heavy atom. The molecular formula is C14H18BrNO. The molecule has 1 aromatic rings. The van der Waals surface area contributed by atoms with Crippen LogP contribution in [0.4, 0.5) is 0 Å². The molecule has 2 atom stereocenters. The molecule has 0 radical (unpaired) electrons. The molecule has 1 heterocycles. The van der Waals surface area contributed by atoms with Crippen molar-refractivity contribution in [1.29, 1.82) is 0 Å². The zero-order valence-electron chi connectivity index (χ0n) is 9.90. The summed E-state index contributed by atoms with van der Waals surface area (Å²) in [6.45, 7) is 3.79. The third-order valence-electron chi connectivity index (χ3n) is 3.74. The molecule has 1 aliphatic rings. The summed E-state index contributed by atoms with van der Waals surface area (Å²) in [5.74, 6) is 0.259. The van der Waals surface area contributed by atoms with E-state index in [2.05, 4.69) is 33.6 Å². The van der Waals surface area contributed by atoms with Crippen LogP contribution in [0.1, 0.15) is 31.2 Å². The van der Waals surface area contributed by atoms with Crippen molar-refractivity contribution in [2.75, 3.05) is 0 Å². The molecule has 0 aliphatic heterocycles. The zero-order chi connectivity index (χ0) is 12.3. The molecule has 1 aromatic heterocycles. The van der Waals surface area contributed by atoms with Gasteiger partial charge in [-0.25, -0.2) is 4.98 Å². The lowest BCUT2D eigenvalue weighted by Crippen LogP contribution is -2.39. The van der Waals surface area contributed by atoms with Crippen LogP contribution in [0.2, 0.25) is 0 Å². The molecule has 0 aromatic carbocycles. The highest BCUT2D eigenvalue weighted by Crippen LogP contribution is 2.37. The Bertz CT molecular complexity index is 407. The minimum absolute atomic E-state index is 0.259. The Balaban J connectivity index is 2.17. The van der Waals surface area contributed by atoms with Crippen molar-refractivity contribution in [2.24, 2.45) is 5.92 Å². The number of hydrogen-bond donors (Lipinski definition) is 1. The first-order valence-corrected chi connectivity index (χ1v) is 6.90. The summed E-state index contributed by atoms with van der Waals surface area (Å²) in [7, 11) is 0. The lowest BCUT2D eigenvalue weighted by atomic mass is 9.73. The molecule has 0 saturated heterocycles. The van der Waals surface area contributed by atoms with Gasteiger partial charge in [-0.3, -0.25) is 0 Å². The lowest BCUT2D eigenvalue weighted by Gasteiger charge is -2.38. The van der Waals surface area contributed by atoms with Gasteiger partial charge in [0.05, 0.1) is 5.60 Å². The first-order chi connectivity index (χ1) is 8.15. The Kier molecular flexibility index (Phi) is 4.00. The molecule has 3 heteroatoms. The summed E-state index contributed by atoms with van der Waals surface area (Å²) < 4.78 is 0.886. The van der Waals surface area contributed by atoms with E-state index in [9.17, 15) is 5.11 Å². The molecule has 1 saturated carbocycles. The van der Waals surface area contributed by atoms with Crippen LogP contribution in [0.15, 0.2) is 35.6 Å². The van der Waals surface area contributed by atoms with E-state index in [4.69, 9.17) is 0 Å². The highest BCUT2D eigenvalue weighted by Gasteiger charge is 2.36. The molecule has 1 aliphatic carbocycles. The Labute approximate surface area is 111 Å². The van der Waals surface area contributed by atoms with Crippen molar-refractivity contribution in [3.8, 4) is 0 Å². The minimum Gasteiger partial charge on any atom is -0.386 e. The van der Waals surface area contributed by atoms with Crippen LogP contribution < -0.4 is 0 Å². The van der Waals surface area contributed by atoms with Crippen LogP contribution in [-0.2, 0) is 6.42 Å². The number of pyridine rings is 1. The van der Waals surface area contributed by atoms with Gasteiger partial charge >= 0.3 is 0 Å². The van der Waals surface area contributed by atoms with E-state index in [-0.39, 0.29) is 5.92 Å². The van der Waals surface area contributed by atoms with Crippen LogP contribution in [0, 0.1) is 5.92 Å². The van der Waals surface area contributed by atoms with Crippen molar-refractivity contribution in [3.63, 3.8) is 0 Å². The topological polar surface area (TPSA) is 33.1 Å². The number of aromatic nitrogens is 1. The lowest BCUT2D eigenvalue weighted by molar-refractivity contribution is -0.00432. The quantitative estimate of drug-likeness (QED) is 0.684. The number of nitrogens with zero attached hydrogens (tertiary/aromatic N) is 1. The smallest absolute Gasteiger partial charge is 0.109 e. The van der Waals surface area contributed by atoms with Crippen molar-refractivity contribution >= 4 is 15.9 Å².